The summed E-state index contributed by atoms with van der Waals surface area (Å²) < 4.78 is 43.0. The lowest BCUT2D eigenvalue weighted by molar-refractivity contribution is -0.137. The Morgan fingerprint density at radius 2 is 2.00 bits per heavy atom. The minimum Gasteiger partial charge on any atom is -0.351 e. The number of rotatable bonds is 6. The summed E-state index contributed by atoms with van der Waals surface area (Å²) in [5.41, 5.74) is 0.00682. The zero-order chi connectivity index (χ0) is 24.8. The molecule has 2 heterocycles. The number of aromatic nitrogens is 3. The molecule has 1 unspecified atom stereocenters. The Morgan fingerprint density at radius 3 is 2.69 bits per heavy atom. The van der Waals surface area contributed by atoms with E-state index in [0.717, 1.165) is 17.8 Å². The zero-order valence-electron chi connectivity index (χ0n) is 19.0. The average Bonchev–Trinajstić information content (AvgIpc) is 3.37. The molecule has 0 bridgehead atoms. The van der Waals surface area contributed by atoms with E-state index < -0.39 is 48.0 Å². The van der Waals surface area contributed by atoms with Gasteiger partial charge in [-0.3, -0.25) is 19.5 Å². The molecule has 7 nitrogen and oxygen atoms in total. The number of hydrogen-bond acceptors (Lipinski definition) is 4. The van der Waals surface area contributed by atoms with E-state index in [-0.39, 0.29) is 18.7 Å². The summed E-state index contributed by atoms with van der Waals surface area (Å²) in [6, 6.07) is 7.67. The molecule has 5 rings (SSSR count). The quantitative estimate of drug-likeness (QED) is 0.582. The molecule has 1 N–H and O–H groups in total. The highest BCUT2D eigenvalue weighted by molar-refractivity contribution is 6.04. The second kappa shape index (κ2) is 8.51. The second-order valence-corrected chi connectivity index (χ2v) is 9.14. The first-order chi connectivity index (χ1) is 16.7. The van der Waals surface area contributed by atoms with Crippen molar-refractivity contribution in [1.29, 1.82) is 0 Å². The molecule has 2 aromatic heterocycles. The number of pyridine rings is 1. The maximum absolute atomic E-state index is 14.3. The summed E-state index contributed by atoms with van der Waals surface area (Å²) in [6.45, 7) is 1.59. The van der Waals surface area contributed by atoms with Gasteiger partial charge in [-0.2, -0.15) is 0 Å². The standard InChI is InChI=1S/C25H24F3N5O2/c1-16-30-8-9-32(16)15-22(34)33(20-10-18(26)13-29-14-20)25(7-6-17-4-2-3-5-21(17)25)23(35)31-19-11-24(27,28)12-19/h2-5,8-10,13-14,19H,6-7,11-12,15H2,1H3,(H,31,35). The lowest BCUT2D eigenvalue weighted by atomic mass is 9.84. The van der Waals surface area contributed by atoms with Gasteiger partial charge in [-0.05, 0) is 30.9 Å². The van der Waals surface area contributed by atoms with Crippen molar-refractivity contribution in [3.05, 3.63) is 77.9 Å². The number of carbonyl (C=O) groups is 2. The van der Waals surface area contributed by atoms with E-state index in [1.54, 1.807) is 36.0 Å². The Bertz CT molecular complexity index is 1290. The van der Waals surface area contributed by atoms with Crippen LogP contribution >= 0.6 is 0 Å². The summed E-state index contributed by atoms with van der Waals surface area (Å²) >= 11 is 0. The molecule has 3 aromatic rings. The van der Waals surface area contributed by atoms with Crippen molar-refractivity contribution >= 4 is 17.5 Å². The molecule has 35 heavy (non-hydrogen) atoms. The number of amides is 2. The lowest BCUT2D eigenvalue weighted by Crippen LogP contribution is -2.62. The number of fused-ring (bicyclic) bond motifs is 1. The molecule has 1 saturated carbocycles. The highest BCUT2D eigenvalue weighted by Crippen LogP contribution is 2.46. The fourth-order valence-electron chi connectivity index (χ4n) is 5.12. The first-order valence-corrected chi connectivity index (χ1v) is 11.4. The van der Waals surface area contributed by atoms with Crippen LogP contribution in [0.5, 0.6) is 0 Å². The number of imidazole rings is 1. The molecule has 0 aliphatic heterocycles. The Kier molecular flexibility index (Phi) is 5.61. The Balaban J connectivity index is 1.62. The van der Waals surface area contributed by atoms with Gasteiger partial charge in [-0.1, -0.05) is 24.3 Å². The number of anilines is 1. The fraction of sp³-hybridized carbons (Fsp3) is 0.360. The number of halogens is 3. The van der Waals surface area contributed by atoms with Crippen LogP contribution in [-0.4, -0.2) is 38.3 Å². The summed E-state index contributed by atoms with van der Waals surface area (Å²) in [7, 11) is 0. The van der Waals surface area contributed by atoms with Gasteiger partial charge in [0.05, 0.1) is 18.1 Å². The van der Waals surface area contributed by atoms with Gasteiger partial charge >= 0.3 is 0 Å². The third-order valence-corrected chi connectivity index (χ3v) is 6.83. The van der Waals surface area contributed by atoms with Crippen molar-refractivity contribution in [2.24, 2.45) is 0 Å². The minimum absolute atomic E-state index is 0.110. The fourth-order valence-corrected chi connectivity index (χ4v) is 5.12. The third kappa shape index (κ3) is 4.06. The van der Waals surface area contributed by atoms with E-state index in [9.17, 15) is 22.8 Å². The molecular formula is C25H24F3N5O2. The minimum atomic E-state index is -2.82. The second-order valence-electron chi connectivity index (χ2n) is 9.14. The average molecular weight is 483 g/mol. The number of hydrogen-bond donors (Lipinski definition) is 1. The summed E-state index contributed by atoms with van der Waals surface area (Å²) in [5.74, 6) is -3.94. The van der Waals surface area contributed by atoms with Gasteiger partial charge in [0.25, 0.3) is 11.8 Å². The van der Waals surface area contributed by atoms with Crippen molar-refractivity contribution in [1.82, 2.24) is 19.9 Å². The van der Waals surface area contributed by atoms with E-state index in [4.69, 9.17) is 0 Å². The molecule has 0 saturated heterocycles. The molecule has 2 amide bonds. The van der Waals surface area contributed by atoms with E-state index in [2.05, 4.69) is 15.3 Å². The molecule has 1 atom stereocenters. The van der Waals surface area contributed by atoms with Crippen LogP contribution in [0.3, 0.4) is 0 Å². The molecule has 10 heteroatoms. The van der Waals surface area contributed by atoms with Crippen molar-refractivity contribution in [3.8, 4) is 0 Å². The molecule has 0 spiro atoms. The van der Waals surface area contributed by atoms with Gasteiger partial charge in [-0.25, -0.2) is 18.2 Å². The number of alkyl halides is 2. The van der Waals surface area contributed by atoms with E-state index in [1.807, 2.05) is 12.1 Å². The van der Waals surface area contributed by atoms with Gasteiger partial charge in [0.1, 0.15) is 18.2 Å². The van der Waals surface area contributed by atoms with Crippen LogP contribution < -0.4 is 10.2 Å². The van der Waals surface area contributed by atoms with Crippen LogP contribution in [0, 0.1) is 12.7 Å². The van der Waals surface area contributed by atoms with Crippen LogP contribution in [0.25, 0.3) is 0 Å². The normalized spacial score (nSPS) is 20.7. The maximum Gasteiger partial charge on any atom is 0.252 e. The van der Waals surface area contributed by atoms with Crippen LogP contribution in [0.15, 0.2) is 55.1 Å². The van der Waals surface area contributed by atoms with Gasteiger partial charge in [0.2, 0.25) is 5.91 Å². The third-order valence-electron chi connectivity index (χ3n) is 6.83. The smallest absolute Gasteiger partial charge is 0.252 e. The van der Waals surface area contributed by atoms with Gasteiger partial charge in [0.15, 0.2) is 5.54 Å². The molecule has 2 aliphatic rings. The molecule has 2 aliphatic carbocycles. The zero-order valence-corrected chi connectivity index (χ0v) is 19.0. The van der Waals surface area contributed by atoms with Gasteiger partial charge < -0.3 is 9.88 Å². The number of aryl methyl sites for hydroxylation is 2. The summed E-state index contributed by atoms with van der Waals surface area (Å²) in [4.78, 5) is 37.1. The largest absolute Gasteiger partial charge is 0.351 e. The highest BCUT2D eigenvalue weighted by Gasteiger charge is 2.55. The molecule has 182 valence electrons. The van der Waals surface area contributed by atoms with Crippen LogP contribution in [0.2, 0.25) is 0 Å². The van der Waals surface area contributed by atoms with Gasteiger partial charge in [-0.15, -0.1) is 0 Å². The molecule has 1 aromatic carbocycles. The van der Waals surface area contributed by atoms with Gasteiger partial charge in [0, 0.05) is 37.3 Å². The number of carbonyl (C=O) groups excluding carboxylic acids is 2. The van der Waals surface area contributed by atoms with E-state index in [1.165, 1.54) is 11.1 Å². The van der Waals surface area contributed by atoms with E-state index >= 15 is 0 Å². The van der Waals surface area contributed by atoms with Crippen LogP contribution in [0.1, 0.15) is 36.2 Å². The first-order valence-electron chi connectivity index (χ1n) is 11.4. The number of benzene rings is 1. The van der Waals surface area contributed by atoms with Crippen LogP contribution in [-0.2, 0) is 28.1 Å². The summed E-state index contributed by atoms with van der Waals surface area (Å²) in [5, 5.41) is 2.74. The maximum atomic E-state index is 14.3. The van der Waals surface area contributed by atoms with Crippen LogP contribution in [0.4, 0.5) is 18.9 Å². The monoisotopic (exact) mass is 483 g/mol. The lowest BCUT2D eigenvalue weighted by Gasteiger charge is -2.43. The Morgan fingerprint density at radius 1 is 1.23 bits per heavy atom. The number of nitrogens with one attached hydrogen (secondary N) is 1. The van der Waals surface area contributed by atoms with Crippen molar-refractivity contribution in [3.63, 3.8) is 0 Å². The topological polar surface area (TPSA) is 80.1 Å². The predicted octanol–water partition coefficient (Wildman–Crippen LogP) is 3.51. The molecule has 1 fully saturated rings. The SMILES string of the molecule is Cc1nccn1CC(=O)N(c1cncc(F)c1)C1(C(=O)NC2CC(F)(F)C2)CCc2ccccc21. The molecular weight excluding hydrogens is 459 g/mol. The first kappa shape index (κ1) is 23.1. The summed E-state index contributed by atoms with van der Waals surface area (Å²) in [6.07, 6.45) is 5.32. The van der Waals surface area contributed by atoms with Crippen molar-refractivity contribution in [2.45, 2.75) is 56.7 Å². The Hall–Kier alpha value is -3.69. The Labute approximate surface area is 200 Å². The van der Waals surface area contributed by atoms with Crippen molar-refractivity contribution in [2.75, 3.05) is 4.90 Å². The molecule has 0 radical (unpaired) electrons. The van der Waals surface area contributed by atoms with Crippen molar-refractivity contribution < 1.29 is 22.8 Å². The highest BCUT2D eigenvalue weighted by atomic mass is 19.3. The van der Waals surface area contributed by atoms with E-state index in [0.29, 0.717) is 17.8 Å². The number of nitrogens with zero attached hydrogens (tertiary/aromatic N) is 4. The predicted molar refractivity (Wildman–Crippen MR) is 121 cm³/mol.